The first-order chi connectivity index (χ1) is 12.0. The number of anilines is 1. The van der Waals surface area contributed by atoms with Crippen molar-refractivity contribution >= 4 is 40.0 Å². The molecule has 4 N–H and O–H groups in total. The van der Waals surface area contributed by atoms with Crippen LogP contribution >= 0.6 is 12.2 Å². The predicted molar refractivity (Wildman–Crippen MR) is 98.4 cm³/mol. The minimum atomic E-state index is -0.332. The normalized spacial score (nSPS) is 10.5. The van der Waals surface area contributed by atoms with Crippen molar-refractivity contribution in [1.82, 2.24) is 20.8 Å². The molecule has 6 nitrogen and oxygen atoms in total. The summed E-state index contributed by atoms with van der Waals surface area (Å²) in [5, 5.41) is 2.95. The molecule has 8 heteroatoms. The summed E-state index contributed by atoms with van der Waals surface area (Å²) >= 11 is 5.06. The van der Waals surface area contributed by atoms with Crippen molar-refractivity contribution in [3.05, 3.63) is 59.7 Å². The molecule has 1 amide bonds. The molecule has 3 aromatic rings. The van der Waals surface area contributed by atoms with E-state index in [9.17, 15) is 9.18 Å². The van der Waals surface area contributed by atoms with Gasteiger partial charge in [0.25, 0.3) is 0 Å². The third kappa shape index (κ3) is 4.30. The number of hydrogen-bond donors (Lipinski definition) is 4. The van der Waals surface area contributed by atoms with Crippen LogP contribution in [0.5, 0.6) is 0 Å². The second-order valence-corrected chi connectivity index (χ2v) is 5.88. The van der Waals surface area contributed by atoms with Crippen molar-refractivity contribution in [3.63, 3.8) is 0 Å². The maximum atomic E-state index is 13.5. The van der Waals surface area contributed by atoms with E-state index in [-0.39, 0.29) is 23.3 Å². The highest BCUT2D eigenvalue weighted by molar-refractivity contribution is 7.80. The van der Waals surface area contributed by atoms with Crippen LogP contribution in [0.4, 0.5) is 10.1 Å². The Hall–Kier alpha value is -3.00. The maximum absolute atomic E-state index is 13.5. The van der Waals surface area contributed by atoms with Gasteiger partial charge in [0, 0.05) is 5.69 Å². The lowest BCUT2D eigenvalue weighted by Crippen LogP contribution is -2.44. The third-order valence-corrected chi connectivity index (χ3v) is 3.72. The van der Waals surface area contributed by atoms with Crippen LogP contribution in [0.3, 0.4) is 0 Å². The van der Waals surface area contributed by atoms with E-state index in [1.54, 1.807) is 19.1 Å². The molecule has 25 heavy (non-hydrogen) atoms. The molecule has 1 aromatic heterocycles. The Labute approximate surface area is 148 Å². The quantitative estimate of drug-likeness (QED) is 0.428. The van der Waals surface area contributed by atoms with Gasteiger partial charge in [0.15, 0.2) is 5.11 Å². The Bertz CT molecular complexity index is 907. The molecule has 0 aliphatic heterocycles. The third-order valence-electron chi connectivity index (χ3n) is 3.51. The standard InChI is InChI=1S/C17H16FN5OS/c1-10-6-7-11(8-12(10)18)19-17(25)23-22-16(24)9-15-20-13-4-2-3-5-14(13)21-15/h2-8H,9H2,1H3,(H,20,21)(H,22,24)(H2,19,23,25). The SMILES string of the molecule is Cc1ccc(NC(=S)NNC(=O)Cc2nc3ccccc3[nH]2)cc1F. The lowest BCUT2D eigenvalue weighted by Gasteiger charge is -2.11. The van der Waals surface area contributed by atoms with Gasteiger partial charge in [-0.1, -0.05) is 18.2 Å². The predicted octanol–water partition coefficient (Wildman–Crippen LogP) is 2.57. The zero-order valence-electron chi connectivity index (χ0n) is 13.4. The first-order valence-corrected chi connectivity index (χ1v) is 7.98. The van der Waals surface area contributed by atoms with E-state index in [2.05, 4.69) is 26.1 Å². The molecule has 0 fully saturated rings. The minimum Gasteiger partial charge on any atom is -0.342 e. The Morgan fingerprint density at radius 2 is 2.04 bits per heavy atom. The number of thiocarbonyl (C=S) groups is 1. The smallest absolute Gasteiger partial charge is 0.245 e. The molecule has 0 aliphatic carbocycles. The number of aromatic amines is 1. The van der Waals surface area contributed by atoms with E-state index in [0.29, 0.717) is 17.1 Å². The van der Waals surface area contributed by atoms with Crippen molar-refractivity contribution in [1.29, 1.82) is 0 Å². The van der Waals surface area contributed by atoms with Crippen LogP contribution in [0, 0.1) is 12.7 Å². The van der Waals surface area contributed by atoms with Gasteiger partial charge >= 0.3 is 0 Å². The molecule has 128 valence electrons. The van der Waals surface area contributed by atoms with Crippen molar-refractivity contribution in [2.75, 3.05) is 5.32 Å². The Kier molecular flexibility index (Phi) is 4.90. The molecular formula is C17H16FN5OS. The minimum absolute atomic E-state index is 0.0729. The fourth-order valence-corrected chi connectivity index (χ4v) is 2.41. The van der Waals surface area contributed by atoms with Gasteiger partial charge in [-0.3, -0.25) is 15.6 Å². The summed E-state index contributed by atoms with van der Waals surface area (Å²) < 4.78 is 13.5. The summed E-state index contributed by atoms with van der Waals surface area (Å²) in [4.78, 5) is 19.4. The molecule has 0 radical (unpaired) electrons. The number of amides is 1. The van der Waals surface area contributed by atoms with E-state index in [4.69, 9.17) is 12.2 Å². The largest absolute Gasteiger partial charge is 0.342 e. The summed E-state index contributed by atoms with van der Waals surface area (Å²) in [6.07, 6.45) is 0.0729. The summed E-state index contributed by atoms with van der Waals surface area (Å²) in [6.45, 7) is 1.67. The highest BCUT2D eigenvalue weighted by atomic mass is 32.1. The lowest BCUT2D eigenvalue weighted by molar-refractivity contribution is -0.121. The van der Waals surface area contributed by atoms with Crippen molar-refractivity contribution in [3.8, 4) is 0 Å². The first kappa shape index (κ1) is 16.8. The van der Waals surface area contributed by atoms with Crippen molar-refractivity contribution < 1.29 is 9.18 Å². The molecular weight excluding hydrogens is 341 g/mol. The van der Waals surface area contributed by atoms with Crippen LogP contribution in [0.25, 0.3) is 11.0 Å². The maximum Gasteiger partial charge on any atom is 0.245 e. The fourth-order valence-electron chi connectivity index (χ4n) is 2.25. The van der Waals surface area contributed by atoms with Crippen LogP contribution in [-0.2, 0) is 11.2 Å². The molecule has 3 rings (SSSR count). The van der Waals surface area contributed by atoms with E-state index in [1.165, 1.54) is 6.07 Å². The molecule has 2 aromatic carbocycles. The molecule has 0 atom stereocenters. The number of hydrazine groups is 1. The van der Waals surface area contributed by atoms with Gasteiger partial charge in [-0.2, -0.15) is 0 Å². The molecule has 0 bridgehead atoms. The number of carbonyl (C=O) groups is 1. The Balaban J connectivity index is 1.51. The van der Waals surface area contributed by atoms with E-state index in [0.717, 1.165) is 11.0 Å². The number of imidazole rings is 1. The molecule has 0 unspecified atom stereocenters. The topological polar surface area (TPSA) is 81.8 Å². The highest BCUT2D eigenvalue weighted by Gasteiger charge is 2.08. The van der Waals surface area contributed by atoms with Gasteiger partial charge in [-0.25, -0.2) is 9.37 Å². The summed E-state index contributed by atoms with van der Waals surface area (Å²) in [7, 11) is 0. The molecule has 0 saturated heterocycles. The second kappa shape index (κ2) is 7.27. The number of nitrogens with zero attached hydrogens (tertiary/aromatic N) is 1. The van der Waals surface area contributed by atoms with Gasteiger partial charge in [-0.05, 0) is 49.0 Å². The highest BCUT2D eigenvalue weighted by Crippen LogP contribution is 2.13. The number of H-pyrrole nitrogens is 1. The zero-order chi connectivity index (χ0) is 17.8. The number of aromatic nitrogens is 2. The van der Waals surface area contributed by atoms with Gasteiger partial charge in [0.05, 0.1) is 17.5 Å². The van der Waals surface area contributed by atoms with E-state index < -0.39 is 0 Å². The van der Waals surface area contributed by atoms with Gasteiger partial charge in [0.1, 0.15) is 11.6 Å². The number of halogens is 1. The first-order valence-electron chi connectivity index (χ1n) is 7.57. The number of para-hydroxylation sites is 2. The summed E-state index contributed by atoms with van der Waals surface area (Å²) in [5.74, 6) is -0.0833. The number of nitrogens with one attached hydrogen (secondary N) is 4. The summed E-state index contributed by atoms with van der Waals surface area (Å²) in [6, 6.07) is 12.2. The van der Waals surface area contributed by atoms with Crippen molar-refractivity contribution in [2.45, 2.75) is 13.3 Å². The monoisotopic (exact) mass is 357 g/mol. The van der Waals surface area contributed by atoms with E-state index >= 15 is 0 Å². The van der Waals surface area contributed by atoms with Crippen LogP contribution in [0.15, 0.2) is 42.5 Å². The van der Waals surface area contributed by atoms with Crippen LogP contribution in [-0.4, -0.2) is 21.0 Å². The van der Waals surface area contributed by atoms with Gasteiger partial charge < -0.3 is 10.3 Å². The van der Waals surface area contributed by atoms with Crippen molar-refractivity contribution in [2.24, 2.45) is 0 Å². The molecule has 0 spiro atoms. The van der Waals surface area contributed by atoms with E-state index in [1.807, 2.05) is 24.3 Å². The van der Waals surface area contributed by atoms with Gasteiger partial charge in [0.2, 0.25) is 5.91 Å². The average Bonchev–Trinajstić information content (AvgIpc) is 2.98. The average molecular weight is 357 g/mol. The second-order valence-electron chi connectivity index (χ2n) is 5.47. The lowest BCUT2D eigenvalue weighted by atomic mass is 10.2. The number of aryl methyl sites for hydroxylation is 1. The van der Waals surface area contributed by atoms with Gasteiger partial charge in [-0.15, -0.1) is 0 Å². The Morgan fingerprint density at radius 3 is 2.80 bits per heavy atom. The Morgan fingerprint density at radius 1 is 1.24 bits per heavy atom. The van der Waals surface area contributed by atoms with Crippen LogP contribution in [0.1, 0.15) is 11.4 Å². The fraction of sp³-hybridized carbons (Fsp3) is 0.118. The number of rotatable bonds is 3. The zero-order valence-corrected chi connectivity index (χ0v) is 14.2. The number of fused-ring (bicyclic) bond motifs is 1. The number of hydrogen-bond acceptors (Lipinski definition) is 3. The molecule has 0 aliphatic rings. The number of carbonyl (C=O) groups excluding carboxylic acids is 1. The molecule has 0 saturated carbocycles. The molecule has 1 heterocycles. The van der Waals surface area contributed by atoms with Crippen LogP contribution < -0.4 is 16.2 Å². The number of benzene rings is 2. The summed E-state index contributed by atoms with van der Waals surface area (Å²) in [5.41, 5.74) is 7.76. The van der Waals surface area contributed by atoms with Crippen LogP contribution in [0.2, 0.25) is 0 Å².